The summed E-state index contributed by atoms with van der Waals surface area (Å²) in [6.07, 6.45) is 0. The number of ether oxygens (including phenoxy) is 1. The molecule has 0 amide bonds. The van der Waals surface area contributed by atoms with E-state index in [1.807, 2.05) is 13.1 Å². The number of phenolic OH excluding ortho intramolecular Hbond substituents is 1. The Balaban J connectivity index is 2.83. The average molecular weight is 195 g/mol. The molecule has 14 heavy (non-hydrogen) atoms. The van der Waals surface area contributed by atoms with Gasteiger partial charge in [-0.05, 0) is 31.8 Å². The van der Waals surface area contributed by atoms with Gasteiger partial charge in [0.05, 0.1) is 7.11 Å². The lowest BCUT2D eigenvalue weighted by Crippen LogP contribution is -2.16. The smallest absolute Gasteiger partial charge is 0.120 e. The number of hydrogen-bond acceptors (Lipinski definition) is 3. The minimum Gasteiger partial charge on any atom is -0.508 e. The number of methoxy groups -OCH3 is 1. The van der Waals surface area contributed by atoms with Crippen molar-refractivity contribution in [1.29, 1.82) is 0 Å². The van der Waals surface area contributed by atoms with Gasteiger partial charge in [-0.15, -0.1) is 0 Å². The quantitative estimate of drug-likeness (QED) is 0.796. The summed E-state index contributed by atoms with van der Waals surface area (Å²) in [6, 6.07) is 5.28. The summed E-state index contributed by atoms with van der Waals surface area (Å²) in [7, 11) is 3.64. The van der Waals surface area contributed by atoms with E-state index in [1.165, 1.54) is 0 Å². The maximum atomic E-state index is 9.59. The Hall–Kier alpha value is -1.22. The fraction of sp³-hybridized carbons (Fsp3) is 0.455. The van der Waals surface area contributed by atoms with Crippen LogP contribution >= 0.6 is 0 Å². The van der Waals surface area contributed by atoms with E-state index in [1.54, 1.807) is 19.2 Å². The minimum atomic E-state index is 0.325. The third kappa shape index (κ3) is 2.64. The van der Waals surface area contributed by atoms with Gasteiger partial charge in [0, 0.05) is 12.1 Å². The maximum absolute atomic E-state index is 9.59. The summed E-state index contributed by atoms with van der Waals surface area (Å²) in [6.45, 7) is 3.77. The molecule has 3 nitrogen and oxygen atoms in total. The summed E-state index contributed by atoms with van der Waals surface area (Å²) < 4.78 is 5.10. The second-order valence-electron chi connectivity index (χ2n) is 3.33. The van der Waals surface area contributed by atoms with Gasteiger partial charge in [-0.2, -0.15) is 0 Å². The summed E-state index contributed by atoms with van der Waals surface area (Å²) in [5.74, 6) is 1.11. The number of phenols is 1. The summed E-state index contributed by atoms with van der Waals surface area (Å²) in [4.78, 5) is 2.12. The van der Waals surface area contributed by atoms with E-state index in [9.17, 15) is 5.11 Å². The van der Waals surface area contributed by atoms with Crippen molar-refractivity contribution in [2.75, 3.05) is 20.7 Å². The second-order valence-corrected chi connectivity index (χ2v) is 3.33. The first-order valence-corrected chi connectivity index (χ1v) is 4.71. The zero-order chi connectivity index (χ0) is 10.6. The molecule has 0 aliphatic carbocycles. The predicted octanol–water partition coefficient (Wildman–Crippen LogP) is 1.85. The highest BCUT2D eigenvalue weighted by Crippen LogP contribution is 2.23. The van der Waals surface area contributed by atoms with E-state index in [-0.39, 0.29) is 0 Å². The van der Waals surface area contributed by atoms with Crippen molar-refractivity contribution in [3.8, 4) is 11.5 Å². The first kappa shape index (κ1) is 10.9. The van der Waals surface area contributed by atoms with E-state index in [4.69, 9.17) is 4.74 Å². The van der Waals surface area contributed by atoms with Crippen molar-refractivity contribution in [1.82, 2.24) is 4.90 Å². The van der Waals surface area contributed by atoms with Gasteiger partial charge in [-0.25, -0.2) is 0 Å². The molecule has 0 atom stereocenters. The molecule has 0 heterocycles. The van der Waals surface area contributed by atoms with Gasteiger partial charge < -0.3 is 14.7 Å². The highest BCUT2D eigenvalue weighted by Gasteiger charge is 2.05. The molecule has 0 bridgehead atoms. The molecule has 0 aromatic heterocycles. The molecule has 78 valence electrons. The number of benzene rings is 1. The van der Waals surface area contributed by atoms with E-state index in [0.29, 0.717) is 5.75 Å². The Labute approximate surface area is 84.9 Å². The molecule has 1 rings (SSSR count). The fourth-order valence-electron chi connectivity index (χ4n) is 1.22. The van der Waals surface area contributed by atoms with Gasteiger partial charge in [0.15, 0.2) is 0 Å². The lowest BCUT2D eigenvalue weighted by Gasteiger charge is -2.15. The maximum Gasteiger partial charge on any atom is 0.120 e. The first-order chi connectivity index (χ1) is 6.67. The first-order valence-electron chi connectivity index (χ1n) is 4.71. The molecule has 1 N–H and O–H groups in total. The van der Waals surface area contributed by atoms with E-state index >= 15 is 0 Å². The highest BCUT2D eigenvalue weighted by atomic mass is 16.5. The van der Waals surface area contributed by atoms with Crippen LogP contribution in [0.5, 0.6) is 11.5 Å². The molecule has 0 spiro atoms. The van der Waals surface area contributed by atoms with Crippen LogP contribution in [0.1, 0.15) is 12.5 Å². The summed E-state index contributed by atoms with van der Waals surface area (Å²) in [5.41, 5.74) is 0.897. The van der Waals surface area contributed by atoms with E-state index in [2.05, 4.69) is 11.8 Å². The SMILES string of the molecule is CCN(C)Cc1cc(OC)ccc1O. The van der Waals surface area contributed by atoms with Gasteiger partial charge in [0.2, 0.25) is 0 Å². The van der Waals surface area contributed by atoms with Crippen LogP contribution in [0.2, 0.25) is 0 Å². The van der Waals surface area contributed by atoms with Gasteiger partial charge in [0.25, 0.3) is 0 Å². The number of hydrogen-bond donors (Lipinski definition) is 1. The number of aromatic hydroxyl groups is 1. The van der Waals surface area contributed by atoms with Crippen molar-refractivity contribution in [3.05, 3.63) is 23.8 Å². The van der Waals surface area contributed by atoms with Gasteiger partial charge in [-0.1, -0.05) is 6.92 Å². The summed E-state index contributed by atoms with van der Waals surface area (Å²) >= 11 is 0. The molecule has 0 fully saturated rings. The standard InChI is InChI=1S/C11H17NO2/c1-4-12(2)8-9-7-10(14-3)5-6-11(9)13/h5-7,13H,4,8H2,1-3H3. The molecule has 0 unspecified atom stereocenters. The predicted molar refractivity (Wildman–Crippen MR) is 56.7 cm³/mol. The summed E-state index contributed by atoms with van der Waals surface area (Å²) in [5, 5.41) is 9.59. The third-order valence-corrected chi connectivity index (χ3v) is 2.27. The van der Waals surface area contributed by atoms with Crippen molar-refractivity contribution >= 4 is 0 Å². The Bertz CT molecular complexity index is 299. The van der Waals surface area contributed by atoms with Crippen LogP contribution in [-0.2, 0) is 6.54 Å². The molecule has 0 aliphatic rings. The third-order valence-electron chi connectivity index (χ3n) is 2.27. The normalized spacial score (nSPS) is 10.6. The van der Waals surface area contributed by atoms with Gasteiger partial charge in [0.1, 0.15) is 11.5 Å². The van der Waals surface area contributed by atoms with Crippen LogP contribution in [0.3, 0.4) is 0 Å². The van der Waals surface area contributed by atoms with Gasteiger partial charge >= 0.3 is 0 Å². The van der Waals surface area contributed by atoms with E-state index < -0.39 is 0 Å². The topological polar surface area (TPSA) is 32.7 Å². The zero-order valence-electron chi connectivity index (χ0n) is 8.95. The van der Waals surface area contributed by atoms with Crippen LogP contribution in [0, 0.1) is 0 Å². The van der Waals surface area contributed by atoms with Crippen LogP contribution in [0.4, 0.5) is 0 Å². The minimum absolute atomic E-state index is 0.325. The zero-order valence-corrected chi connectivity index (χ0v) is 8.95. The molecule has 0 aliphatic heterocycles. The monoisotopic (exact) mass is 195 g/mol. The van der Waals surface area contributed by atoms with Crippen LogP contribution < -0.4 is 4.74 Å². The lowest BCUT2D eigenvalue weighted by molar-refractivity contribution is 0.335. The van der Waals surface area contributed by atoms with Crippen molar-refractivity contribution in [2.24, 2.45) is 0 Å². The second kappa shape index (κ2) is 4.86. The lowest BCUT2D eigenvalue weighted by atomic mass is 10.2. The van der Waals surface area contributed by atoms with Gasteiger partial charge in [-0.3, -0.25) is 0 Å². The van der Waals surface area contributed by atoms with Crippen molar-refractivity contribution in [3.63, 3.8) is 0 Å². The van der Waals surface area contributed by atoms with Crippen LogP contribution in [0.15, 0.2) is 18.2 Å². The van der Waals surface area contributed by atoms with E-state index in [0.717, 1.165) is 24.4 Å². The molecule has 1 aromatic rings. The molecular formula is C11H17NO2. The molecule has 0 saturated carbocycles. The van der Waals surface area contributed by atoms with Crippen molar-refractivity contribution < 1.29 is 9.84 Å². The average Bonchev–Trinajstić information content (AvgIpc) is 2.21. The highest BCUT2D eigenvalue weighted by molar-refractivity contribution is 5.39. The Kier molecular flexibility index (Phi) is 3.77. The number of nitrogens with zero attached hydrogens (tertiary/aromatic N) is 1. The van der Waals surface area contributed by atoms with Crippen molar-refractivity contribution in [2.45, 2.75) is 13.5 Å². The molecule has 3 heteroatoms. The molecule has 1 aromatic carbocycles. The Morgan fingerprint density at radius 2 is 2.14 bits per heavy atom. The molecule has 0 saturated heterocycles. The number of rotatable bonds is 4. The Morgan fingerprint density at radius 3 is 2.71 bits per heavy atom. The molecule has 0 radical (unpaired) electrons. The van der Waals surface area contributed by atoms with Crippen LogP contribution in [-0.4, -0.2) is 30.7 Å². The largest absolute Gasteiger partial charge is 0.508 e. The fourth-order valence-corrected chi connectivity index (χ4v) is 1.22. The Morgan fingerprint density at radius 1 is 1.43 bits per heavy atom. The van der Waals surface area contributed by atoms with Crippen LogP contribution in [0.25, 0.3) is 0 Å². The molecular weight excluding hydrogens is 178 g/mol.